The highest BCUT2D eigenvalue weighted by Crippen LogP contribution is 2.21. The summed E-state index contributed by atoms with van der Waals surface area (Å²) in [6.45, 7) is 6.71. The van der Waals surface area contributed by atoms with Gasteiger partial charge in [-0.05, 0) is 67.6 Å². The Balaban J connectivity index is 1.31. The summed E-state index contributed by atoms with van der Waals surface area (Å²) in [5.41, 5.74) is 4.76. The van der Waals surface area contributed by atoms with E-state index in [-0.39, 0.29) is 5.91 Å². The molecule has 5 nitrogen and oxygen atoms in total. The molecular weight excluding hydrogens is 386 g/mol. The van der Waals surface area contributed by atoms with Crippen LogP contribution in [-0.2, 0) is 6.61 Å². The van der Waals surface area contributed by atoms with Crippen molar-refractivity contribution in [3.8, 4) is 5.75 Å². The molecule has 1 fully saturated rings. The minimum Gasteiger partial charge on any atom is -0.489 e. The molecule has 1 saturated heterocycles. The molecule has 0 aliphatic carbocycles. The van der Waals surface area contributed by atoms with E-state index in [0.29, 0.717) is 12.2 Å². The van der Waals surface area contributed by atoms with Crippen molar-refractivity contribution in [2.75, 3.05) is 43.4 Å². The summed E-state index contributed by atoms with van der Waals surface area (Å²) in [7, 11) is 2.15. The van der Waals surface area contributed by atoms with Crippen molar-refractivity contribution >= 4 is 17.3 Å². The van der Waals surface area contributed by atoms with Crippen molar-refractivity contribution < 1.29 is 9.53 Å². The molecular formula is C26H29N3O2. The second kappa shape index (κ2) is 9.67. The van der Waals surface area contributed by atoms with Crippen LogP contribution in [0.4, 0.5) is 11.4 Å². The van der Waals surface area contributed by atoms with Crippen molar-refractivity contribution in [1.29, 1.82) is 0 Å². The van der Waals surface area contributed by atoms with Gasteiger partial charge in [0.1, 0.15) is 12.4 Å². The zero-order chi connectivity index (χ0) is 21.6. The SMILES string of the molecule is Cc1ccccc1OCc1ccc(C(=O)Nc2ccc(N3CCN(C)CC3)cc2)cc1. The highest BCUT2D eigenvalue weighted by atomic mass is 16.5. The Morgan fingerprint density at radius 2 is 1.58 bits per heavy atom. The number of carbonyl (C=O) groups is 1. The first kappa shape index (κ1) is 20.9. The molecule has 160 valence electrons. The number of carbonyl (C=O) groups excluding carboxylic acids is 1. The number of para-hydroxylation sites is 1. The van der Waals surface area contributed by atoms with Gasteiger partial charge in [0, 0.05) is 43.1 Å². The maximum atomic E-state index is 12.6. The lowest BCUT2D eigenvalue weighted by molar-refractivity contribution is 0.102. The monoisotopic (exact) mass is 415 g/mol. The molecule has 0 saturated carbocycles. The van der Waals surface area contributed by atoms with Crippen LogP contribution in [0.5, 0.6) is 5.75 Å². The summed E-state index contributed by atoms with van der Waals surface area (Å²) >= 11 is 0. The third-order valence-electron chi connectivity index (χ3n) is 5.70. The predicted molar refractivity (Wildman–Crippen MR) is 126 cm³/mol. The fourth-order valence-corrected chi connectivity index (χ4v) is 3.66. The van der Waals surface area contributed by atoms with Gasteiger partial charge in [-0.2, -0.15) is 0 Å². The topological polar surface area (TPSA) is 44.8 Å². The molecule has 0 bridgehead atoms. The lowest BCUT2D eigenvalue weighted by atomic mass is 10.1. The zero-order valence-electron chi connectivity index (χ0n) is 18.2. The van der Waals surface area contributed by atoms with Crippen LogP contribution in [-0.4, -0.2) is 44.0 Å². The largest absolute Gasteiger partial charge is 0.489 e. The van der Waals surface area contributed by atoms with Gasteiger partial charge in [0.05, 0.1) is 0 Å². The summed E-state index contributed by atoms with van der Waals surface area (Å²) in [6, 6.07) is 23.6. The fraction of sp³-hybridized carbons (Fsp3) is 0.269. The third-order valence-corrected chi connectivity index (χ3v) is 5.70. The first-order valence-corrected chi connectivity index (χ1v) is 10.7. The number of hydrogen-bond acceptors (Lipinski definition) is 4. The minimum absolute atomic E-state index is 0.112. The summed E-state index contributed by atoms with van der Waals surface area (Å²) in [6.07, 6.45) is 0. The van der Waals surface area contributed by atoms with E-state index >= 15 is 0 Å². The van der Waals surface area contributed by atoms with Gasteiger partial charge in [-0.1, -0.05) is 30.3 Å². The Labute approximate surface area is 184 Å². The number of benzene rings is 3. The number of likely N-dealkylation sites (N-methyl/N-ethyl adjacent to an activating group) is 1. The molecule has 0 aromatic heterocycles. The van der Waals surface area contributed by atoms with Crippen molar-refractivity contribution in [1.82, 2.24) is 4.90 Å². The zero-order valence-corrected chi connectivity index (χ0v) is 18.2. The molecule has 0 atom stereocenters. The molecule has 0 radical (unpaired) electrons. The Hall–Kier alpha value is -3.31. The van der Waals surface area contributed by atoms with Crippen molar-refractivity contribution in [3.63, 3.8) is 0 Å². The standard InChI is InChI=1S/C26H29N3O2/c1-20-5-3-4-6-25(20)31-19-21-7-9-22(10-8-21)26(30)27-23-11-13-24(14-12-23)29-17-15-28(2)16-18-29/h3-14H,15-19H2,1-2H3,(H,27,30). The van der Waals surface area contributed by atoms with Crippen LogP contribution < -0.4 is 15.0 Å². The third kappa shape index (κ3) is 5.44. The number of aryl methyl sites for hydroxylation is 1. The van der Waals surface area contributed by atoms with Crippen LogP contribution in [0.3, 0.4) is 0 Å². The van der Waals surface area contributed by atoms with Gasteiger partial charge in [-0.15, -0.1) is 0 Å². The maximum Gasteiger partial charge on any atom is 0.255 e. The van der Waals surface area contributed by atoms with E-state index in [4.69, 9.17) is 4.74 Å². The van der Waals surface area contributed by atoms with E-state index in [1.807, 2.05) is 67.6 Å². The Morgan fingerprint density at radius 1 is 0.903 bits per heavy atom. The minimum atomic E-state index is -0.112. The van der Waals surface area contributed by atoms with Crippen LogP contribution in [0, 0.1) is 6.92 Å². The number of rotatable bonds is 6. The van der Waals surface area contributed by atoms with Crippen LogP contribution in [0.1, 0.15) is 21.5 Å². The quantitative estimate of drug-likeness (QED) is 0.640. The van der Waals surface area contributed by atoms with E-state index in [2.05, 4.69) is 34.3 Å². The van der Waals surface area contributed by atoms with Gasteiger partial charge in [-0.25, -0.2) is 0 Å². The number of amides is 1. The molecule has 3 aromatic carbocycles. The molecule has 1 N–H and O–H groups in total. The van der Waals surface area contributed by atoms with E-state index < -0.39 is 0 Å². The predicted octanol–water partition coefficient (Wildman–Crippen LogP) is 4.58. The molecule has 3 aromatic rings. The van der Waals surface area contributed by atoms with Gasteiger partial charge in [0.25, 0.3) is 5.91 Å². The molecule has 1 aliphatic heterocycles. The number of nitrogens with zero attached hydrogens (tertiary/aromatic N) is 2. The molecule has 31 heavy (non-hydrogen) atoms. The van der Waals surface area contributed by atoms with Crippen LogP contribution in [0.2, 0.25) is 0 Å². The molecule has 1 heterocycles. The first-order chi connectivity index (χ1) is 15.1. The summed E-state index contributed by atoms with van der Waals surface area (Å²) in [5.74, 6) is 0.767. The van der Waals surface area contributed by atoms with Gasteiger partial charge in [0.15, 0.2) is 0 Å². The Bertz CT molecular complexity index is 1010. The summed E-state index contributed by atoms with van der Waals surface area (Å²) < 4.78 is 5.88. The van der Waals surface area contributed by atoms with Gasteiger partial charge >= 0.3 is 0 Å². The molecule has 1 amide bonds. The molecule has 0 unspecified atom stereocenters. The molecule has 1 aliphatic rings. The second-order valence-electron chi connectivity index (χ2n) is 8.04. The van der Waals surface area contributed by atoms with E-state index in [1.165, 1.54) is 5.69 Å². The van der Waals surface area contributed by atoms with E-state index in [9.17, 15) is 4.79 Å². The number of ether oxygens (including phenoxy) is 1. The molecule has 4 rings (SSSR count). The summed E-state index contributed by atoms with van der Waals surface area (Å²) in [4.78, 5) is 17.3. The average Bonchev–Trinajstić information content (AvgIpc) is 2.80. The average molecular weight is 416 g/mol. The number of anilines is 2. The van der Waals surface area contributed by atoms with Crippen LogP contribution in [0.25, 0.3) is 0 Å². The van der Waals surface area contributed by atoms with Crippen molar-refractivity contribution in [2.45, 2.75) is 13.5 Å². The van der Waals surface area contributed by atoms with Gasteiger partial charge < -0.3 is 19.9 Å². The number of nitrogens with one attached hydrogen (secondary N) is 1. The fourth-order valence-electron chi connectivity index (χ4n) is 3.66. The van der Waals surface area contributed by atoms with Crippen molar-refractivity contribution in [2.24, 2.45) is 0 Å². The van der Waals surface area contributed by atoms with Crippen molar-refractivity contribution in [3.05, 3.63) is 89.5 Å². The smallest absolute Gasteiger partial charge is 0.255 e. The highest BCUT2D eigenvalue weighted by Gasteiger charge is 2.14. The summed E-state index contributed by atoms with van der Waals surface area (Å²) in [5, 5.41) is 2.98. The van der Waals surface area contributed by atoms with Gasteiger partial charge in [0.2, 0.25) is 0 Å². The Kier molecular flexibility index (Phi) is 6.53. The first-order valence-electron chi connectivity index (χ1n) is 10.7. The van der Waals surface area contributed by atoms with Crippen LogP contribution in [0.15, 0.2) is 72.8 Å². The number of piperazine rings is 1. The Morgan fingerprint density at radius 3 is 2.26 bits per heavy atom. The number of hydrogen-bond donors (Lipinski definition) is 1. The highest BCUT2D eigenvalue weighted by molar-refractivity contribution is 6.04. The van der Waals surface area contributed by atoms with Gasteiger partial charge in [-0.3, -0.25) is 4.79 Å². The molecule has 5 heteroatoms. The normalized spacial score (nSPS) is 14.3. The second-order valence-corrected chi connectivity index (χ2v) is 8.04. The molecule has 0 spiro atoms. The van der Waals surface area contributed by atoms with Crippen LogP contribution >= 0.6 is 0 Å². The van der Waals surface area contributed by atoms with E-state index in [1.54, 1.807) is 0 Å². The van der Waals surface area contributed by atoms with E-state index in [0.717, 1.165) is 48.7 Å². The lowest BCUT2D eigenvalue weighted by Crippen LogP contribution is -2.44. The lowest BCUT2D eigenvalue weighted by Gasteiger charge is -2.34. The maximum absolute atomic E-state index is 12.6.